The van der Waals surface area contributed by atoms with Gasteiger partial charge in [-0.1, -0.05) is 41.4 Å². The van der Waals surface area contributed by atoms with E-state index in [-0.39, 0.29) is 17.5 Å². The molecule has 0 atom stereocenters. The van der Waals surface area contributed by atoms with Gasteiger partial charge in [0, 0.05) is 11.8 Å². The molecule has 5 nitrogen and oxygen atoms in total. The summed E-state index contributed by atoms with van der Waals surface area (Å²) in [5, 5.41) is 9.31. The van der Waals surface area contributed by atoms with Crippen molar-refractivity contribution in [2.45, 2.75) is 27.0 Å². The van der Waals surface area contributed by atoms with Crippen LogP contribution in [-0.4, -0.2) is 15.7 Å². The van der Waals surface area contributed by atoms with Crippen molar-refractivity contribution in [2.75, 3.05) is 5.32 Å². The van der Waals surface area contributed by atoms with Gasteiger partial charge in [0.2, 0.25) is 0 Å². The Kier molecular flexibility index (Phi) is 6.58. The fourth-order valence-electron chi connectivity index (χ4n) is 3.20. The molecule has 0 aliphatic heterocycles. The lowest BCUT2D eigenvalue weighted by Gasteiger charge is -2.08. The molecule has 1 amide bonds. The SMILES string of the molecule is Cc1ccc(OCc2csc(C(=O)Nc3nn(Cc4ccc(F)cc4)cc3Cl)c2)c(C)c1. The van der Waals surface area contributed by atoms with Crippen molar-refractivity contribution in [3.05, 3.63) is 98.1 Å². The predicted molar refractivity (Wildman–Crippen MR) is 125 cm³/mol. The minimum atomic E-state index is -0.296. The summed E-state index contributed by atoms with van der Waals surface area (Å²) in [6.07, 6.45) is 1.62. The number of aromatic nitrogens is 2. The number of nitrogens with zero attached hydrogens (tertiary/aromatic N) is 2. The van der Waals surface area contributed by atoms with E-state index in [1.807, 2.05) is 31.4 Å². The van der Waals surface area contributed by atoms with Gasteiger partial charge in [-0.15, -0.1) is 11.3 Å². The number of hydrogen-bond acceptors (Lipinski definition) is 4. The van der Waals surface area contributed by atoms with Crippen LogP contribution in [0.25, 0.3) is 0 Å². The first-order valence-electron chi connectivity index (χ1n) is 9.93. The quantitative estimate of drug-likeness (QED) is 0.349. The zero-order valence-electron chi connectivity index (χ0n) is 17.6. The highest BCUT2D eigenvalue weighted by Crippen LogP contribution is 2.24. The normalized spacial score (nSPS) is 10.9. The molecule has 8 heteroatoms. The molecule has 0 aliphatic carbocycles. The number of hydrogen-bond donors (Lipinski definition) is 1. The number of anilines is 1. The van der Waals surface area contributed by atoms with Gasteiger partial charge in [0.15, 0.2) is 5.82 Å². The molecule has 164 valence electrons. The Labute approximate surface area is 194 Å². The van der Waals surface area contributed by atoms with Gasteiger partial charge < -0.3 is 10.1 Å². The predicted octanol–water partition coefficient (Wildman–Crippen LogP) is 6.23. The average molecular weight is 470 g/mol. The summed E-state index contributed by atoms with van der Waals surface area (Å²) in [5.74, 6) is 0.517. The molecule has 2 aromatic carbocycles. The first-order valence-corrected chi connectivity index (χ1v) is 11.2. The van der Waals surface area contributed by atoms with Gasteiger partial charge in [-0.3, -0.25) is 9.48 Å². The van der Waals surface area contributed by atoms with E-state index < -0.39 is 0 Å². The molecule has 0 saturated heterocycles. The second-order valence-corrected chi connectivity index (χ2v) is 8.80. The molecule has 2 heterocycles. The van der Waals surface area contributed by atoms with Crippen molar-refractivity contribution in [3.8, 4) is 5.75 Å². The lowest BCUT2D eigenvalue weighted by Crippen LogP contribution is -2.11. The maximum Gasteiger partial charge on any atom is 0.266 e. The summed E-state index contributed by atoms with van der Waals surface area (Å²) in [6.45, 7) is 4.84. The molecule has 4 rings (SSSR count). The molecular weight excluding hydrogens is 449 g/mol. The summed E-state index contributed by atoms with van der Waals surface area (Å²) in [6, 6.07) is 14.0. The maximum absolute atomic E-state index is 13.1. The van der Waals surface area contributed by atoms with Gasteiger partial charge >= 0.3 is 0 Å². The van der Waals surface area contributed by atoms with E-state index in [0.717, 1.165) is 22.4 Å². The number of ether oxygens (including phenoxy) is 1. The molecule has 0 unspecified atom stereocenters. The van der Waals surface area contributed by atoms with E-state index >= 15 is 0 Å². The monoisotopic (exact) mass is 469 g/mol. The summed E-state index contributed by atoms with van der Waals surface area (Å²) in [5.41, 5.74) is 4.04. The van der Waals surface area contributed by atoms with Crippen LogP contribution in [0.5, 0.6) is 5.75 Å². The molecule has 0 spiro atoms. The minimum Gasteiger partial charge on any atom is -0.489 e. The smallest absolute Gasteiger partial charge is 0.266 e. The van der Waals surface area contributed by atoms with Crippen molar-refractivity contribution in [1.82, 2.24) is 9.78 Å². The van der Waals surface area contributed by atoms with Crippen molar-refractivity contribution >= 4 is 34.7 Å². The molecule has 0 bridgehead atoms. The Balaban J connectivity index is 1.37. The minimum absolute atomic E-state index is 0.278. The molecule has 0 aliphatic rings. The third kappa shape index (κ3) is 5.36. The summed E-state index contributed by atoms with van der Waals surface area (Å²) in [4.78, 5) is 13.2. The van der Waals surface area contributed by atoms with Crippen LogP contribution in [0, 0.1) is 19.7 Å². The third-order valence-electron chi connectivity index (χ3n) is 4.81. The molecule has 0 radical (unpaired) electrons. The zero-order chi connectivity index (χ0) is 22.7. The zero-order valence-corrected chi connectivity index (χ0v) is 19.1. The average Bonchev–Trinajstić information content (AvgIpc) is 3.36. The Bertz CT molecular complexity index is 1250. The standard InChI is InChI=1S/C24H21ClFN3O2S/c1-15-3-8-21(16(2)9-15)31-13-18-10-22(32-14-18)24(30)27-23-20(25)12-29(28-23)11-17-4-6-19(26)7-5-17/h3-10,12,14H,11,13H2,1-2H3,(H,27,28,30). The fourth-order valence-corrected chi connectivity index (χ4v) is 4.19. The lowest BCUT2D eigenvalue weighted by molar-refractivity contribution is 0.103. The van der Waals surface area contributed by atoms with E-state index in [4.69, 9.17) is 16.3 Å². The number of halogens is 2. The van der Waals surface area contributed by atoms with Crippen LogP contribution >= 0.6 is 22.9 Å². The number of aryl methyl sites for hydroxylation is 2. The topological polar surface area (TPSA) is 56.1 Å². The number of nitrogens with one attached hydrogen (secondary N) is 1. The number of amides is 1. The Morgan fingerprint density at radius 2 is 1.94 bits per heavy atom. The lowest BCUT2D eigenvalue weighted by atomic mass is 10.1. The van der Waals surface area contributed by atoms with Crippen molar-refractivity contribution < 1.29 is 13.9 Å². The van der Waals surface area contributed by atoms with E-state index in [1.54, 1.807) is 29.1 Å². The number of carbonyl (C=O) groups excluding carboxylic acids is 1. The Hall–Kier alpha value is -3.16. The van der Waals surface area contributed by atoms with Crippen LogP contribution in [0.15, 0.2) is 60.1 Å². The second-order valence-electron chi connectivity index (χ2n) is 7.48. The third-order valence-corrected chi connectivity index (χ3v) is 6.06. The summed E-state index contributed by atoms with van der Waals surface area (Å²) >= 11 is 7.57. The highest BCUT2D eigenvalue weighted by molar-refractivity contribution is 7.12. The van der Waals surface area contributed by atoms with Crippen LogP contribution in [0.1, 0.15) is 31.9 Å². The number of thiophene rings is 1. The largest absolute Gasteiger partial charge is 0.489 e. The highest BCUT2D eigenvalue weighted by Gasteiger charge is 2.15. The summed E-state index contributed by atoms with van der Waals surface area (Å²) < 4.78 is 20.6. The first kappa shape index (κ1) is 22.0. The van der Waals surface area contributed by atoms with Gasteiger partial charge in [-0.05, 0) is 54.6 Å². The molecule has 0 saturated carbocycles. The van der Waals surface area contributed by atoms with Gasteiger partial charge in [-0.25, -0.2) is 4.39 Å². The summed E-state index contributed by atoms with van der Waals surface area (Å²) in [7, 11) is 0. The molecule has 1 N–H and O–H groups in total. The number of benzene rings is 2. The van der Waals surface area contributed by atoms with Crippen LogP contribution in [0.4, 0.5) is 10.2 Å². The molecule has 4 aromatic rings. The van der Waals surface area contributed by atoms with Crippen LogP contribution in [0.2, 0.25) is 5.02 Å². The van der Waals surface area contributed by atoms with Crippen LogP contribution in [-0.2, 0) is 13.2 Å². The van der Waals surface area contributed by atoms with Gasteiger partial charge in [0.05, 0.1) is 11.4 Å². The van der Waals surface area contributed by atoms with Gasteiger partial charge in [0.25, 0.3) is 5.91 Å². The second kappa shape index (κ2) is 9.54. The van der Waals surface area contributed by atoms with E-state index in [9.17, 15) is 9.18 Å². The first-order chi connectivity index (χ1) is 15.4. The van der Waals surface area contributed by atoms with E-state index in [1.165, 1.54) is 29.0 Å². The van der Waals surface area contributed by atoms with E-state index in [2.05, 4.69) is 16.5 Å². The number of rotatable bonds is 7. The van der Waals surface area contributed by atoms with Crippen molar-refractivity contribution in [2.24, 2.45) is 0 Å². The van der Waals surface area contributed by atoms with E-state index in [0.29, 0.717) is 23.1 Å². The van der Waals surface area contributed by atoms with Gasteiger partial charge in [0.1, 0.15) is 23.2 Å². The highest BCUT2D eigenvalue weighted by atomic mass is 35.5. The Morgan fingerprint density at radius 3 is 2.69 bits per heavy atom. The van der Waals surface area contributed by atoms with Gasteiger partial charge in [-0.2, -0.15) is 5.10 Å². The van der Waals surface area contributed by atoms with Crippen LogP contribution < -0.4 is 10.1 Å². The fraction of sp³-hybridized carbons (Fsp3) is 0.167. The maximum atomic E-state index is 13.1. The van der Waals surface area contributed by atoms with Crippen molar-refractivity contribution in [3.63, 3.8) is 0 Å². The van der Waals surface area contributed by atoms with Crippen LogP contribution in [0.3, 0.4) is 0 Å². The molecule has 32 heavy (non-hydrogen) atoms. The van der Waals surface area contributed by atoms with Crippen molar-refractivity contribution in [1.29, 1.82) is 0 Å². The Morgan fingerprint density at radius 1 is 1.16 bits per heavy atom. The number of carbonyl (C=O) groups is 1. The molecule has 0 fully saturated rings. The molecular formula is C24H21ClFN3O2S. The molecule has 2 aromatic heterocycles.